The third-order valence-corrected chi connectivity index (χ3v) is 7.31. The van der Waals surface area contributed by atoms with E-state index in [0.717, 1.165) is 11.3 Å². The Morgan fingerprint density at radius 3 is 2.91 bits per heavy atom. The first kappa shape index (κ1) is 23.1. The average Bonchev–Trinajstić information content (AvgIpc) is 3.22. The molecular formula is C19H18N6O5S3. The zero-order valence-electron chi connectivity index (χ0n) is 16.8. The molecule has 0 spiro atoms. The second-order valence-electron chi connectivity index (χ2n) is 6.91. The molecule has 0 radical (unpaired) electrons. The fraction of sp³-hybridized carbons (Fsp3) is 0.263. The van der Waals surface area contributed by atoms with Gasteiger partial charge in [0.1, 0.15) is 11.1 Å². The number of nitrogens with one attached hydrogen (secondary N) is 1. The summed E-state index contributed by atoms with van der Waals surface area (Å²) in [6.07, 6.45) is 3.69. The molecule has 1 fully saturated rings. The molecule has 3 atom stereocenters. The number of aliphatic carboxylic acids is 1. The van der Waals surface area contributed by atoms with Crippen molar-refractivity contribution >= 4 is 64.4 Å². The number of pyridine rings is 1. The SMILES string of the molecule is Nc1nc(/C(=N\OCC(=O)O)C(=O)NC2SC3CC(=O)N3C=C2C(S)c2ccccn2)cs1. The Morgan fingerprint density at radius 2 is 2.27 bits per heavy atom. The zero-order chi connectivity index (χ0) is 23.5. The number of carboxylic acid groups (broad SMARTS) is 1. The number of thiol groups is 1. The largest absolute Gasteiger partial charge is 0.479 e. The Morgan fingerprint density at radius 1 is 1.45 bits per heavy atom. The molecule has 2 amide bonds. The van der Waals surface area contributed by atoms with Crippen molar-refractivity contribution < 1.29 is 24.3 Å². The van der Waals surface area contributed by atoms with Crippen molar-refractivity contribution in [1.29, 1.82) is 0 Å². The molecule has 11 nitrogen and oxygen atoms in total. The van der Waals surface area contributed by atoms with Crippen LogP contribution in [0.15, 0.2) is 46.7 Å². The van der Waals surface area contributed by atoms with Gasteiger partial charge in [-0.1, -0.05) is 11.2 Å². The van der Waals surface area contributed by atoms with Crippen LogP contribution in [-0.4, -0.2) is 60.8 Å². The second-order valence-corrected chi connectivity index (χ2v) is 9.61. The number of carbonyl (C=O) groups is 3. The summed E-state index contributed by atoms with van der Waals surface area (Å²) < 4.78 is 0. The molecule has 14 heteroatoms. The van der Waals surface area contributed by atoms with Crippen LogP contribution in [0.5, 0.6) is 0 Å². The fourth-order valence-corrected chi connectivity index (χ4v) is 5.52. The van der Waals surface area contributed by atoms with E-state index >= 15 is 0 Å². The molecule has 4 N–H and O–H groups in total. The van der Waals surface area contributed by atoms with Crippen LogP contribution in [0.1, 0.15) is 23.1 Å². The molecule has 33 heavy (non-hydrogen) atoms. The molecule has 2 aromatic rings. The van der Waals surface area contributed by atoms with Crippen LogP contribution in [0.3, 0.4) is 0 Å². The first-order valence-electron chi connectivity index (χ1n) is 9.54. The lowest BCUT2D eigenvalue weighted by Gasteiger charge is -2.45. The molecule has 0 bridgehead atoms. The van der Waals surface area contributed by atoms with Gasteiger partial charge >= 0.3 is 5.97 Å². The highest BCUT2D eigenvalue weighted by Gasteiger charge is 2.44. The number of carboxylic acids is 1. The number of fused-ring (bicyclic) bond motifs is 1. The molecule has 172 valence electrons. The van der Waals surface area contributed by atoms with Gasteiger partial charge in [-0.25, -0.2) is 9.78 Å². The highest BCUT2D eigenvalue weighted by atomic mass is 32.2. The molecular weight excluding hydrogens is 488 g/mol. The van der Waals surface area contributed by atoms with Crippen LogP contribution < -0.4 is 11.1 Å². The van der Waals surface area contributed by atoms with Crippen LogP contribution in [0.4, 0.5) is 5.13 Å². The first-order chi connectivity index (χ1) is 15.8. The quantitative estimate of drug-likeness (QED) is 0.179. The number of hydrogen-bond acceptors (Lipinski definition) is 11. The van der Waals surface area contributed by atoms with Crippen molar-refractivity contribution in [3.63, 3.8) is 0 Å². The molecule has 0 aromatic carbocycles. The van der Waals surface area contributed by atoms with Crippen molar-refractivity contribution in [3.8, 4) is 0 Å². The number of β-lactam (4-membered cyclic amide) rings is 1. The number of carbonyl (C=O) groups excluding carboxylic acids is 2. The van der Waals surface area contributed by atoms with Gasteiger partial charge in [0.2, 0.25) is 12.5 Å². The Labute approximate surface area is 201 Å². The normalized spacial score (nSPS) is 20.9. The molecule has 4 rings (SSSR count). The summed E-state index contributed by atoms with van der Waals surface area (Å²) in [7, 11) is 0. The predicted molar refractivity (Wildman–Crippen MR) is 125 cm³/mol. The van der Waals surface area contributed by atoms with E-state index in [2.05, 4.69) is 20.4 Å². The lowest BCUT2D eigenvalue weighted by atomic mass is 10.1. The van der Waals surface area contributed by atoms with Gasteiger partial charge in [0.25, 0.3) is 5.91 Å². The van der Waals surface area contributed by atoms with Gasteiger partial charge < -0.3 is 25.9 Å². The van der Waals surface area contributed by atoms with Crippen molar-refractivity contribution in [2.24, 2.45) is 5.16 Å². The number of hydrogen-bond donors (Lipinski definition) is 4. The predicted octanol–water partition coefficient (Wildman–Crippen LogP) is 1.23. The molecule has 2 aliphatic rings. The van der Waals surface area contributed by atoms with Gasteiger partial charge in [-0.2, -0.15) is 12.6 Å². The smallest absolute Gasteiger partial charge is 0.344 e. The van der Waals surface area contributed by atoms with E-state index in [1.54, 1.807) is 29.4 Å². The third kappa shape index (κ3) is 5.12. The number of thioether (sulfide) groups is 1. The van der Waals surface area contributed by atoms with Gasteiger partial charge in [-0.05, 0) is 17.7 Å². The van der Waals surface area contributed by atoms with Gasteiger partial charge in [-0.15, -0.1) is 23.1 Å². The van der Waals surface area contributed by atoms with Gasteiger partial charge in [0, 0.05) is 17.8 Å². The maximum atomic E-state index is 13.2. The van der Waals surface area contributed by atoms with Crippen LogP contribution in [0.2, 0.25) is 0 Å². The minimum absolute atomic E-state index is 0.0152. The van der Waals surface area contributed by atoms with Crippen molar-refractivity contribution in [3.05, 3.63) is 52.9 Å². The number of thiazole rings is 1. The average molecular weight is 507 g/mol. The summed E-state index contributed by atoms with van der Waals surface area (Å²) in [6.45, 7) is -0.725. The van der Waals surface area contributed by atoms with Crippen LogP contribution in [-0.2, 0) is 19.2 Å². The molecule has 0 saturated carbocycles. The van der Waals surface area contributed by atoms with Crippen molar-refractivity contribution in [1.82, 2.24) is 20.2 Å². The van der Waals surface area contributed by atoms with E-state index < -0.39 is 29.1 Å². The lowest BCUT2D eigenvalue weighted by Crippen LogP contribution is -2.54. The summed E-state index contributed by atoms with van der Waals surface area (Å²) in [4.78, 5) is 50.7. The summed E-state index contributed by atoms with van der Waals surface area (Å²) in [5, 5.41) is 15.9. The van der Waals surface area contributed by atoms with E-state index in [-0.39, 0.29) is 27.8 Å². The molecule has 0 aliphatic carbocycles. The maximum absolute atomic E-state index is 13.2. The Kier molecular flexibility index (Phi) is 6.85. The standard InChI is InChI=1S/C19H18N6O5S3/c20-19-22-11(8-32-19)15(24-30-7-14(27)28)17(29)23-18-9(6-25-12(26)5-13(25)33-18)16(31)10-3-1-2-4-21-10/h1-4,6,8,13,16,18,31H,5,7H2,(H2,20,22)(H,23,29)(H,27,28)/b24-15+. The third-order valence-electron chi connectivity index (χ3n) is 4.70. The highest BCUT2D eigenvalue weighted by Crippen LogP contribution is 2.44. The highest BCUT2D eigenvalue weighted by molar-refractivity contribution is 8.00. The number of rotatable bonds is 8. The summed E-state index contributed by atoms with van der Waals surface area (Å²) in [5.74, 6) is -1.90. The fourth-order valence-electron chi connectivity index (χ4n) is 3.11. The Balaban J connectivity index is 1.60. The zero-order valence-corrected chi connectivity index (χ0v) is 19.3. The number of nitrogen functional groups attached to an aromatic ring is 1. The number of nitrogens with zero attached hydrogens (tertiary/aromatic N) is 4. The summed E-state index contributed by atoms with van der Waals surface area (Å²) in [5.41, 5.74) is 6.92. The molecule has 1 saturated heterocycles. The van der Waals surface area contributed by atoms with Gasteiger partial charge in [0.15, 0.2) is 10.8 Å². The maximum Gasteiger partial charge on any atom is 0.344 e. The van der Waals surface area contributed by atoms with Crippen LogP contribution in [0.25, 0.3) is 0 Å². The van der Waals surface area contributed by atoms with E-state index in [9.17, 15) is 14.4 Å². The number of amides is 2. The van der Waals surface area contributed by atoms with E-state index in [1.807, 2.05) is 6.07 Å². The van der Waals surface area contributed by atoms with Gasteiger partial charge in [0.05, 0.1) is 22.7 Å². The van der Waals surface area contributed by atoms with Crippen molar-refractivity contribution in [2.45, 2.75) is 22.4 Å². The van der Waals surface area contributed by atoms with E-state index in [4.69, 9.17) is 28.3 Å². The summed E-state index contributed by atoms with van der Waals surface area (Å²) in [6, 6.07) is 5.41. The number of nitrogens with two attached hydrogens (primary N) is 1. The minimum atomic E-state index is -1.24. The van der Waals surface area contributed by atoms with E-state index in [0.29, 0.717) is 17.7 Å². The lowest BCUT2D eigenvalue weighted by molar-refractivity contribution is -0.142. The molecule has 2 aromatic heterocycles. The topological polar surface area (TPSA) is 160 Å². The second kappa shape index (κ2) is 9.80. The molecule has 3 unspecified atom stereocenters. The minimum Gasteiger partial charge on any atom is -0.479 e. The van der Waals surface area contributed by atoms with E-state index in [1.165, 1.54) is 17.1 Å². The Bertz CT molecular complexity index is 1140. The molecule has 4 heterocycles. The number of anilines is 1. The first-order valence-corrected chi connectivity index (χ1v) is 11.9. The molecule has 2 aliphatic heterocycles. The monoisotopic (exact) mass is 506 g/mol. The van der Waals surface area contributed by atoms with Crippen molar-refractivity contribution in [2.75, 3.05) is 12.3 Å². The number of oxime groups is 1. The number of aromatic nitrogens is 2. The van der Waals surface area contributed by atoms with Gasteiger partial charge in [-0.3, -0.25) is 14.6 Å². The Hall–Kier alpha value is -3.10. The van der Waals surface area contributed by atoms with Crippen LogP contribution in [0, 0.1) is 0 Å². The van der Waals surface area contributed by atoms with Crippen LogP contribution >= 0.6 is 35.7 Å². The summed E-state index contributed by atoms with van der Waals surface area (Å²) >= 11 is 7.18.